The standard InChI is InChI=1S/C24H20ClN3O5/c1-15-5-3-7-18(11-15)26-24(30)21(13-16-6-4-8-19(12-16)28(31)32)27-23(29)20-14-17(25)9-10-22(20)33-2/h3-14H,1-2H3,(H,26,30)(H,27,29). The Hall–Kier alpha value is -4.17. The monoisotopic (exact) mass is 465 g/mol. The largest absolute Gasteiger partial charge is 0.496 e. The molecule has 0 bridgehead atoms. The van der Waals surface area contributed by atoms with Gasteiger partial charge in [-0.05, 0) is 54.5 Å². The topological polar surface area (TPSA) is 111 Å². The Balaban J connectivity index is 1.98. The minimum absolute atomic E-state index is 0.121. The maximum atomic E-state index is 13.1. The van der Waals surface area contributed by atoms with Gasteiger partial charge in [0, 0.05) is 22.8 Å². The SMILES string of the molecule is COc1ccc(Cl)cc1C(=O)NC(=Cc1cccc([N+](=O)[O-])c1)C(=O)Nc1cccc(C)c1. The Morgan fingerprint density at radius 2 is 1.82 bits per heavy atom. The number of halogens is 1. The number of anilines is 1. The Morgan fingerprint density at radius 1 is 1.06 bits per heavy atom. The summed E-state index contributed by atoms with van der Waals surface area (Å²) in [5, 5.41) is 16.7. The summed E-state index contributed by atoms with van der Waals surface area (Å²) in [6, 6.07) is 17.4. The summed E-state index contributed by atoms with van der Waals surface area (Å²) in [6.07, 6.45) is 1.35. The first kappa shape index (κ1) is 23.5. The normalized spacial score (nSPS) is 10.9. The van der Waals surface area contributed by atoms with Gasteiger partial charge >= 0.3 is 0 Å². The molecular formula is C24H20ClN3O5. The molecule has 0 unspecified atom stereocenters. The lowest BCUT2D eigenvalue weighted by atomic mass is 10.1. The predicted octanol–water partition coefficient (Wildman–Crippen LogP) is 4.97. The molecule has 0 aliphatic heterocycles. The number of methoxy groups -OCH3 is 1. The Bertz CT molecular complexity index is 1260. The quantitative estimate of drug-likeness (QED) is 0.290. The molecule has 0 aliphatic rings. The van der Waals surface area contributed by atoms with Crippen molar-refractivity contribution in [2.75, 3.05) is 12.4 Å². The van der Waals surface area contributed by atoms with Crippen LogP contribution in [0.25, 0.3) is 6.08 Å². The highest BCUT2D eigenvalue weighted by Gasteiger charge is 2.19. The first-order chi connectivity index (χ1) is 15.8. The van der Waals surface area contributed by atoms with E-state index in [2.05, 4.69) is 10.6 Å². The van der Waals surface area contributed by atoms with E-state index in [4.69, 9.17) is 16.3 Å². The molecule has 3 aromatic carbocycles. The van der Waals surface area contributed by atoms with E-state index in [1.165, 1.54) is 43.5 Å². The number of non-ortho nitro benzene ring substituents is 1. The van der Waals surface area contributed by atoms with Crippen LogP contribution in [-0.4, -0.2) is 23.8 Å². The van der Waals surface area contributed by atoms with Gasteiger partial charge < -0.3 is 15.4 Å². The zero-order valence-electron chi connectivity index (χ0n) is 17.8. The van der Waals surface area contributed by atoms with Crippen LogP contribution in [0.4, 0.5) is 11.4 Å². The lowest BCUT2D eigenvalue weighted by molar-refractivity contribution is -0.384. The third-order valence-corrected chi connectivity index (χ3v) is 4.80. The molecule has 0 saturated carbocycles. The number of rotatable bonds is 7. The van der Waals surface area contributed by atoms with Gasteiger partial charge in [0.05, 0.1) is 17.6 Å². The first-order valence-electron chi connectivity index (χ1n) is 9.76. The Morgan fingerprint density at radius 3 is 2.52 bits per heavy atom. The van der Waals surface area contributed by atoms with Crippen LogP contribution >= 0.6 is 11.6 Å². The molecule has 0 aromatic heterocycles. The van der Waals surface area contributed by atoms with E-state index in [1.807, 2.05) is 13.0 Å². The second-order valence-electron chi connectivity index (χ2n) is 7.03. The van der Waals surface area contributed by atoms with E-state index in [-0.39, 0.29) is 22.7 Å². The summed E-state index contributed by atoms with van der Waals surface area (Å²) in [6.45, 7) is 1.88. The van der Waals surface area contributed by atoms with Crippen LogP contribution in [0.2, 0.25) is 5.02 Å². The highest BCUT2D eigenvalue weighted by molar-refractivity contribution is 6.31. The van der Waals surface area contributed by atoms with Crippen molar-refractivity contribution in [1.29, 1.82) is 0 Å². The van der Waals surface area contributed by atoms with Gasteiger partial charge in [0.2, 0.25) is 0 Å². The van der Waals surface area contributed by atoms with Crippen molar-refractivity contribution in [3.05, 3.63) is 104 Å². The molecule has 9 heteroatoms. The summed E-state index contributed by atoms with van der Waals surface area (Å²) in [5.41, 5.74) is 1.67. The van der Waals surface area contributed by atoms with Crippen molar-refractivity contribution in [3.63, 3.8) is 0 Å². The smallest absolute Gasteiger partial charge is 0.272 e. The molecule has 8 nitrogen and oxygen atoms in total. The van der Waals surface area contributed by atoms with Gasteiger partial charge in [0.1, 0.15) is 11.4 Å². The van der Waals surface area contributed by atoms with Crippen molar-refractivity contribution in [3.8, 4) is 5.75 Å². The summed E-state index contributed by atoms with van der Waals surface area (Å²) in [7, 11) is 1.41. The number of nitrogens with one attached hydrogen (secondary N) is 2. The van der Waals surface area contributed by atoms with E-state index in [1.54, 1.807) is 30.3 Å². The van der Waals surface area contributed by atoms with E-state index in [9.17, 15) is 19.7 Å². The maximum Gasteiger partial charge on any atom is 0.272 e. The average Bonchev–Trinajstić information content (AvgIpc) is 2.78. The number of ether oxygens (including phenoxy) is 1. The fourth-order valence-electron chi connectivity index (χ4n) is 3.02. The Labute approximate surface area is 195 Å². The molecule has 0 aliphatic carbocycles. The van der Waals surface area contributed by atoms with Gasteiger partial charge in [-0.2, -0.15) is 0 Å². The number of nitro groups is 1. The van der Waals surface area contributed by atoms with Crippen molar-refractivity contribution in [2.45, 2.75) is 6.92 Å². The van der Waals surface area contributed by atoms with Crippen molar-refractivity contribution in [2.24, 2.45) is 0 Å². The van der Waals surface area contributed by atoms with E-state index < -0.39 is 16.7 Å². The van der Waals surface area contributed by atoms with E-state index in [0.717, 1.165) is 5.56 Å². The molecule has 168 valence electrons. The molecule has 3 rings (SSSR count). The number of carbonyl (C=O) groups is 2. The predicted molar refractivity (Wildman–Crippen MR) is 126 cm³/mol. The van der Waals surface area contributed by atoms with Crippen molar-refractivity contribution < 1.29 is 19.2 Å². The highest BCUT2D eigenvalue weighted by atomic mass is 35.5. The third-order valence-electron chi connectivity index (χ3n) is 4.57. The van der Waals surface area contributed by atoms with Crippen LogP contribution in [0.15, 0.2) is 72.4 Å². The van der Waals surface area contributed by atoms with Crippen LogP contribution in [0.1, 0.15) is 21.5 Å². The second kappa shape index (κ2) is 10.4. The molecular weight excluding hydrogens is 446 g/mol. The Kier molecular flexibility index (Phi) is 7.42. The number of aryl methyl sites for hydroxylation is 1. The zero-order valence-corrected chi connectivity index (χ0v) is 18.6. The highest BCUT2D eigenvalue weighted by Crippen LogP contribution is 2.23. The molecule has 0 fully saturated rings. The summed E-state index contributed by atoms with van der Waals surface area (Å²) in [5.74, 6) is -0.974. The zero-order chi connectivity index (χ0) is 24.0. The number of hydrogen-bond acceptors (Lipinski definition) is 5. The molecule has 2 N–H and O–H groups in total. The molecule has 0 atom stereocenters. The van der Waals surface area contributed by atoms with Gasteiger partial charge in [0.15, 0.2) is 0 Å². The third kappa shape index (κ3) is 6.18. The van der Waals surface area contributed by atoms with Gasteiger partial charge in [-0.3, -0.25) is 19.7 Å². The molecule has 0 radical (unpaired) electrons. The number of hydrogen-bond donors (Lipinski definition) is 2. The molecule has 0 saturated heterocycles. The van der Waals surface area contributed by atoms with Gasteiger partial charge in [-0.1, -0.05) is 35.9 Å². The van der Waals surface area contributed by atoms with E-state index >= 15 is 0 Å². The lowest BCUT2D eigenvalue weighted by Gasteiger charge is -2.13. The fourth-order valence-corrected chi connectivity index (χ4v) is 3.19. The van der Waals surface area contributed by atoms with Crippen molar-refractivity contribution in [1.82, 2.24) is 5.32 Å². The van der Waals surface area contributed by atoms with Gasteiger partial charge in [-0.25, -0.2) is 0 Å². The number of carbonyl (C=O) groups excluding carboxylic acids is 2. The molecule has 2 amide bonds. The first-order valence-corrected chi connectivity index (χ1v) is 10.1. The molecule has 3 aromatic rings. The number of nitro benzene ring substituents is 1. The van der Waals surface area contributed by atoms with Crippen LogP contribution in [0.3, 0.4) is 0 Å². The maximum absolute atomic E-state index is 13.1. The minimum Gasteiger partial charge on any atom is -0.496 e. The average molecular weight is 466 g/mol. The molecule has 33 heavy (non-hydrogen) atoms. The van der Waals surface area contributed by atoms with Crippen LogP contribution < -0.4 is 15.4 Å². The summed E-state index contributed by atoms with van der Waals surface area (Å²) in [4.78, 5) is 36.6. The summed E-state index contributed by atoms with van der Waals surface area (Å²) >= 11 is 6.02. The van der Waals surface area contributed by atoms with Gasteiger partial charge in [-0.15, -0.1) is 0 Å². The fraction of sp³-hybridized carbons (Fsp3) is 0.0833. The lowest BCUT2D eigenvalue weighted by Crippen LogP contribution is -2.31. The number of benzene rings is 3. The van der Waals surface area contributed by atoms with E-state index in [0.29, 0.717) is 16.3 Å². The summed E-state index contributed by atoms with van der Waals surface area (Å²) < 4.78 is 5.22. The van der Waals surface area contributed by atoms with Crippen LogP contribution in [-0.2, 0) is 4.79 Å². The molecule has 0 spiro atoms. The number of nitrogens with zero attached hydrogens (tertiary/aromatic N) is 1. The van der Waals surface area contributed by atoms with Crippen LogP contribution in [0.5, 0.6) is 5.75 Å². The molecule has 0 heterocycles. The minimum atomic E-state index is -0.634. The van der Waals surface area contributed by atoms with Gasteiger partial charge in [0.25, 0.3) is 17.5 Å². The van der Waals surface area contributed by atoms with Crippen molar-refractivity contribution >= 4 is 40.9 Å². The second-order valence-corrected chi connectivity index (χ2v) is 7.47. The van der Waals surface area contributed by atoms with Crippen LogP contribution in [0, 0.1) is 17.0 Å². The number of amides is 2.